The molecule has 7 heteroatoms. The molecule has 1 saturated heterocycles. The van der Waals surface area contributed by atoms with Crippen molar-refractivity contribution in [3.8, 4) is 0 Å². The molecule has 1 aromatic carbocycles. The molecule has 0 aliphatic carbocycles. The number of benzene rings is 1. The maximum absolute atomic E-state index is 12.4. The van der Waals surface area contributed by atoms with E-state index >= 15 is 0 Å². The molecular weight excluding hydrogens is 352 g/mol. The molecule has 28 heavy (non-hydrogen) atoms. The minimum Gasteiger partial charge on any atom is -0.368 e. The van der Waals surface area contributed by atoms with Crippen molar-refractivity contribution < 1.29 is 4.79 Å². The van der Waals surface area contributed by atoms with Crippen LogP contribution in [-0.2, 0) is 0 Å². The predicted octanol–water partition coefficient (Wildman–Crippen LogP) is 1.71. The number of carbonyl (C=O) groups excluding carboxylic acids is 1. The van der Waals surface area contributed by atoms with Crippen molar-refractivity contribution in [2.75, 3.05) is 63.2 Å². The van der Waals surface area contributed by atoms with Crippen molar-refractivity contribution in [1.29, 1.82) is 0 Å². The van der Waals surface area contributed by atoms with Gasteiger partial charge in [-0.1, -0.05) is 12.1 Å². The Kier molecular flexibility index (Phi) is 6.46. The molecule has 0 spiro atoms. The van der Waals surface area contributed by atoms with E-state index in [1.165, 1.54) is 11.3 Å². The first-order valence-corrected chi connectivity index (χ1v) is 9.77. The van der Waals surface area contributed by atoms with Gasteiger partial charge in [0.15, 0.2) is 0 Å². The molecule has 1 aromatic heterocycles. The number of piperazine rings is 1. The Morgan fingerprint density at radius 3 is 2.46 bits per heavy atom. The summed E-state index contributed by atoms with van der Waals surface area (Å²) in [5, 5.41) is 2.92. The molecule has 2 aromatic rings. The lowest BCUT2D eigenvalue weighted by molar-refractivity contribution is 0.0945. The van der Waals surface area contributed by atoms with E-state index in [2.05, 4.69) is 56.3 Å². The lowest BCUT2D eigenvalue weighted by Gasteiger charge is -2.37. The van der Waals surface area contributed by atoms with Crippen molar-refractivity contribution in [3.05, 3.63) is 47.4 Å². The average Bonchev–Trinajstić information content (AvgIpc) is 2.67. The van der Waals surface area contributed by atoms with Crippen molar-refractivity contribution in [3.63, 3.8) is 0 Å². The van der Waals surface area contributed by atoms with Gasteiger partial charge in [-0.15, -0.1) is 0 Å². The van der Waals surface area contributed by atoms with Gasteiger partial charge in [0, 0.05) is 51.0 Å². The van der Waals surface area contributed by atoms with E-state index in [4.69, 9.17) is 0 Å². The SMILES string of the molecule is Cc1cccc(N2CCN(c3cc(C(=O)NCCN(C)C)nc(C)n3)CC2)c1. The average molecular weight is 383 g/mol. The summed E-state index contributed by atoms with van der Waals surface area (Å²) in [6.45, 7) is 8.94. The van der Waals surface area contributed by atoms with E-state index in [0.29, 0.717) is 18.1 Å². The van der Waals surface area contributed by atoms with Crippen LogP contribution in [0.1, 0.15) is 21.9 Å². The molecule has 0 atom stereocenters. The second-order valence-corrected chi connectivity index (χ2v) is 7.53. The maximum atomic E-state index is 12.4. The third-order valence-electron chi connectivity index (χ3n) is 4.87. The van der Waals surface area contributed by atoms with Gasteiger partial charge in [-0.3, -0.25) is 4.79 Å². The Balaban J connectivity index is 1.64. The van der Waals surface area contributed by atoms with Gasteiger partial charge in [0.25, 0.3) is 5.91 Å². The number of carbonyl (C=O) groups is 1. The van der Waals surface area contributed by atoms with E-state index in [9.17, 15) is 4.79 Å². The number of nitrogens with one attached hydrogen (secondary N) is 1. The summed E-state index contributed by atoms with van der Waals surface area (Å²) < 4.78 is 0. The number of amides is 1. The maximum Gasteiger partial charge on any atom is 0.270 e. The van der Waals surface area contributed by atoms with Gasteiger partial charge in [0.2, 0.25) is 0 Å². The van der Waals surface area contributed by atoms with Crippen LogP contribution in [0, 0.1) is 13.8 Å². The number of likely N-dealkylation sites (N-methyl/N-ethyl adjacent to an activating group) is 1. The molecule has 1 aliphatic heterocycles. The van der Waals surface area contributed by atoms with E-state index in [1.54, 1.807) is 6.07 Å². The fourth-order valence-corrected chi connectivity index (χ4v) is 3.33. The third kappa shape index (κ3) is 5.19. The zero-order valence-electron chi connectivity index (χ0n) is 17.3. The first-order valence-electron chi connectivity index (χ1n) is 9.77. The van der Waals surface area contributed by atoms with Crippen molar-refractivity contribution >= 4 is 17.4 Å². The standard InChI is InChI=1S/C21H30N6O/c1-16-6-5-7-18(14-16)26-10-12-27(13-11-26)20-15-19(23-17(2)24-20)21(28)22-8-9-25(3)4/h5-7,14-15H,8-13H2,1-4H3,(H,22,28). The summed E-state index contributed by atoms with van der Waals surface area (Å²) in [7, 11) is 3.96. The first-order chi connectivity index (χ1) is 13.4. The summed E-state index contributed by atoms with van der Waals surface area (Å²) >= 11 is 0. The van der Waals surface area contributed by atoms with Gasteiger partial charge in [-0.25, -0.2) is 9.97 Å². The van der Waals surface area contributed by atoms with Crippen molar-refractivity contribution in [1.82, 2.24) is 20.2 Å². The first kappa shape index (κ1) is 20.1. The minimum atomic E-state index is -0.146. The molecule has 2 heterocycles. The van der Waals surface area contributed by atoms with E-state index in [1.807, 2.05) is 25.9 Å². The number of aromatic nitrogens is 2. The topological polar surface area (TPSA) is 64.6 Å². The van der Waals surface area contributed by atoms with Gasteiger partial charge in [-0.2, -0.15) is 0 Å². The molecule has 0 bridgehead atoms. The molecule has 0 unspecified atom stereocenters. The Hall–Kier alpha value is -2.67. The molecule has 7 nitrogen and oxygen atoms in total. The molecule has 1 amide bonds. The highest BCUT2D eigenvalue weighted by molar-refractivity contribution is 5.93. The van der Waals surface area contributed by atoms with Crippen LogP contribution in [0.15, 0.2) is 30.3 Å². The monoisotopic (exact) mass is 382 g/mol. The number of anilines is 2. The zero-order valence-corrected chi connectivity index (χ0v) is 17.3. The zero-order chi connectivity index (χ0) is 20.1. The van der Waals surface area contributed by atoms with Gasteiger partial charge < -0.3 is 20.0 Å². The van der Waals surface area contributed by atoms with Gasteiger partial charge >= 0.3 is 0 Å². The van der Waals surface area contributed by atoms with Gasteiger partial charge in [-0.05, 0) is 45.6 Å². The summed E-state index contributed by atoms with van der Waals surface area (Å²) in [4.78, 5) is 28.0. The lowest BCUT2D eigenvalue weighted by Crippen LogP contribution is -2.47. The van der Waals surface area contributed by atoms with Gasteiger partial charge in [0.05, 0.1) is 0 Å². The molecular formula is C21H30N6O. The van der Waals surface area contributed by atoms with E-state index in [0.717, 1.165) is 38.5 Å². The van der Waals surface area contributed by atoms with E-state index < -0.39 is 0 Å². The van der Waals surface area contributed by atoms with Crippen LogP contribution in [0.25, 0.3) is 0 Å². The van der Waals surface area contributed by atoms with Crippen LogP contribution in [-0.4, -0.2) is 74.1 Å². The van der Waals surface area contributed by atoms with E-state index in [-0.39, 0.29) is 5.91 Å². The number of hydrogen-bond donors (Lipinski definition) is 1. The molecule has 150 valence electrons. The molecule has 1 fully saturated rings. The Labute approximate surface area is 167 Å². The van der Waals surface area contributed by atoms with Crippen LogP contribution < -0.4 is 15.1 Å². The second kappa shape index (κ2) is 9.01. The molecule has 0 radical (unpaired) electrons. The van der Waals surface area contributed by atoms with Crippen LogP contribution in [0.3, 0.4) is 0 Å². The fourth-order valence-electron chi connectivity index (χ4n) is 3.33. The molecule has 0 saturated carbocycles. The Morgan fingerprint density at radius 2 is 1.79 bits per heavy atom. The smallest absolute Gasteiger partial charge is 0.270 e. The van der Waals surface area contributed by atoms with Crippen molar-refractivity contribution in [2.24, 2.45) is 0 Å². The quantitative estimate of drug-likeness (QED) is 0.821. The fraction of sp³-hybridized carbons (Fsp3) is 0.476. The number of aryl methyl sites for hydroxylation is 2. The molecule has 1 aliphatic rings. The second-order valence-electron chi connectivity index (χ2n) is 7.53. The highest BCUT2D eigenvalue weighted by Crippen LogP contribution is 2.20. The lowest BCUT2D eigenvalue weighted by atomic mass is 10.2. The van der Waals surface area contributed by atoms with Crippen molar-refractivity contribution in [2.45, 2.75) is 13.8 Å². The summed E-state index contributed by atoms with van der Waals surface area (Å²) in [5.41, 5.74) is 2.97. The van der Waals surface area contributed by atoms with Crippen LogP contribution in [0.5, 0.6) is 0 Å². The summed E-state index contributed by atoms with van der Waals surface area (Å²) in [6, 6.07) is 10.4. The summed E-state index contributed by atoms with van der Waals surface area (Å²) in [6.07, 6.45) is 0. The number of nitrogens with zero attached hydrogens (tertiary/aromatic N) is 5. The molecule has 1 N–H and O–H groups in total. The highest BCUT2D eigenvalue weighted by Gasteiger charge is 2.20. The Morgan fingerprint density at radius 1 is 1.07 bits per heavy atom. The third-order valence-corrected chi connectivity index (χ3v) is 4.87. The normalized spacial score (nSPS) is 14.5. The van der Waals surface area contributed by atoms with Crippen LogP contribution in [0.4, 0.5) is 11.5 Å². The summed E-state index contributed by atoms with van der Waals surface area (Å²) in [5.74, 6) is 1.30. The predicted molar refractivity (Wildman–Crippen MR) is 113 cm³/mol. The number of rotatable bonds is 6. The van der Waals surface area contributed by atoms with Gasteiger partial charge in [0.1, 0.15) is 17.3 Å². The Bertz CT molecular complexity index is 814. The van der Waals surface area contributed by atoms with Crippen LogP contribution in [0.2, 0.25) is 0 Å². The van der Waals surface area contributed by atoms with Crippen LogP contribution >= 0.6 is 0 Å². The largest absolute Gasteiger partial charge is 0.368 e. The minimum absolute atomic E-state index is 0.146. The molecule has 3 rings (SSSR count). The highest BCUT2D eigenvalue weighted by atomic mass is 16.1. The number of hydrogen-bond acceptors (Lipinski definition) is 6.